The first-order chi connectivity index (χ1) is 25.4. The second-order valence-electron chi connectivity index (χ2n) is 19.6. The SMILES string of the molecule is CC(C)(C)c1ccc(N2c3ccc(C(C)(C)C)cc3B3c4cc5c(cc4N(c4ccc(C(C)(C)C)cc4)c4cccc2c43)C(C)(C)c2ccccc2-5)cc1. The Morgan fingerprint density at radius 1 is 0.426 bits per heavy atom. The lowest BCUT2D eigenvalue weighted by atomic mass is 9.33. The van der Waals surface area contributed by atoms with Crippen LogP contribution in [0, 0.1) is 0 Å². The summed E-state index contributed by atoms with van der Waals surface area (Å²) in [6.45, 7) is 25.6. The van der Waals surface area contributed by atoms with Gasteiger partial charge < -0.3 is 9.80 Å². The van der Waals surface area contributed by atoms with Crippen LogP contribution in [0.1, 0.15) is 104 Å². The maximum absolute atomic E-state index is 2.57. The molecule has 0 bridgehead atoms. The van der Waals surface area contributed by atoms with Crippen LogP contribution in [-0.4, -0.2) is 6.71 Å². The molecule has 0 spiro atoms. The molecule has 0 atom stereocenters. The number of hydrogen-bond donors (Lipinski definition) is 0. The predicted octanol–water partition coefficient (Wildman–Crippen LogP) is 12.0. The third kappa shape index (κ3) is 5.14. The average molecular weight is 705 g/mol. The van der Waals surface area contributed by atoms with E-state index in [2.05, 4.69) is 207 Å². The van der Waals surface area contributed by atoms with Gasteiger partial charge >= 0.3 is 0 Å². The molecule has 3 aliphatic rings. The molecule has 0 aromatic heterocycles. The average Bonchev–Trinajstić information content (AvgIpc) is 3.35. The summed E-state index contributed by atoms with van der Waals surface area (Å²) in [5, 5.41) is 0. The lowest BCUT2D eigenvalue weighted by molar-refractivity contribution is 0.590. The summed E-state index contributed by atoms with van der Waals surface area (Å²) in [6, 6.07) is 47.1. The van der Waals surface area contributed by atoms with Crippen LogP contribution in [0.4, 0.5) is 34.1 Å². The Bertz CT molecular complexity index is 2470. The van der Waals surface area contributed by atoms with E-state index in [4.69, 9.17) is 0 Å². The molecule has 0 amide bonds. The Morgan fingerprint density at radius 3 is 1.48 bits per heavy atom. The van der Waals surface area contributed by atoms with Gasteiger partial charge in [-0.1, -0.05) is 149 Å². The van der Waals surface area contributed by atoms with E-state index < -0.39 is 0 Å². The summed E-state index contributed by atoms with van der Waals surface area (Å²) in [4.78, 5) is 5.09. The second kappa shape index (κ2) is 11.5. The largest absolute Gasteiger partial charge is 0.311 e. The van der Waals surface area contributed by atoms with Crippen LogP contribution in [0.3, 0.4) is 0 Å². The summed E-state index contributed by atoms with van der Waals surface area (Å²) >= 11 is 0. The molecule has 2 heterocycles. The van der Waals surface area contributed by atoms with Crippen molar-refractivity contribution in [2.24, 2.45) is 0 Å². The lowest BCUT2D eigenvalue weighted by Gasteiger charge is -2.45. The van der Waals surface area contributed by atoms with Crippen LogP contribution in [0.25, 0.3) is 11.1 Å². The second-order valence-corrected chi connectivity index (χ2v) is 19.6. The molecule has 6 aromatic carbocycles. The molecule has 9 rings (SSSR count). The third-order valence-electron chi connectivity index (χ3n) is 12.5. The first kappa shape index (κ1) is 34.7. The maximum atomic E-state index is 2.57. The van der Waals surface area contributed by atoms with Crippen molar-refractivity contribution in [2.75, 3.05) is 9.80 Å². The number of fused-ring (bicyclic) bond motifs is 7. The van der Waals surface area contributed by atoms with Gasteiger partial charge in [0, 0.05) is 39.5 Å². The van der Waals surface area contributed by atoms with Crippen molar-refractivity contribution in [1.82, 2.24) is 0 Å². The van der Waals surface area contributed by atoms with Gasteiger partial charge in [-0.3, -0.25) is 0 Å². The fourth-order valence-electron chi connectivity index (χ4n) is 9.38. The Labute approximate surface area is 324 Å². The first-order valence-electron chi connectivity index (χ1n) is 19.8. The molecule has 1 aliphatic carbocycles. The van der Waals surface area contributed by atoms with Crippen LogP contribution in [0.15, 0.2) is 121 Å². The van der Waals surface area contributed by atoms with Crippen LogP contribution in [0.2, 0.25) is 0 Å². The molecule has 2 aliphatic heterocycles. The van der Waals surface area contributed by atoms with Gasteiger partial charge in [-0.05, 0) is 120 Å². The first-order valence-corrected chi connectivity index (χ1v) is 19.8. The molecule has 0 saturated heterocycles. The molecule has 0 radical (unpaired) electrons. The normalized spacial score (nSPS) is 15.4. The zero-order valence-electron chi connectivity index (χ0n) is 34.0. The highest BCUT2D eigenvalue weighted by Crippen LogP contribution is 2.52. The van der Waals surface area contributed by atoms with Crippen molar-refractivity contribution >= 4 is 57.2 Å². The Hall–Kier alpha value is -5.02. The van der Waals surface area contributed by atoms with Gasteiger partial charge in [0.2, 0.25) is 0 Å². The zero-order valence-corrected chi connectivity index (χ0v) is 34.0. The van der Waals surface area contributed by atoms with Crippen LogP contribution >= 0.6 is 0 Å². The lowest BCUT2D eigenvalue weighted by Crippen LogP contribution is -2.61. The van der Waals surface area contributed by atoms with Crippen LogP contribution < -0.4 is 26.2 Å². The molecule has 0 N–H and O–H groups in total. The monoisotopic (exact) mass is 704 g/mol. The molecule has 2 nitrogen and oxygen atoms in total. The van der Waals surface area contributed by atoms with E-state index >= 15 is 0 Å². The summed E-state index contributed by atoms with van der Waals surface area (Å²) in [7, 11) is 0. The van der Waals surface area contributed by atoms with E-state index in [0.29, 0.717) is 0 Å². The molecule has 54 heavy (non-hydrogen) atoms. The quantitative estimate of drug-likeness (QED) is 0.165. The Balaban J connectivity index is 1.36. The standard InChI is InChI=1S/C51H53BN2/c1-48(2,3)32-19-24-35(25-20-32)53-43-28-23-34(50(7,8)9)29-41(43)52-42-30-38-37-15-12-13-16-39(37)51(10,11)40(38)31-46(42)54(45-18-14-17-44(53)47(45)52)36-26-21-33(22-27-36)49(4,5)6/h12-31H,1-11H3. The van der Waals surface area contributed by atoms with Crippen molar-refractivity contribution < 1.29 is 0 Å². The number of anilines is 6. The van der Waals surface area contributed by atoms with Crippen LogP contribution in [-0.2, 0) is 21.7 Å². The van der Waals surface area contributed by atoms with E-state index in [1.54, 1.807) is 0 Å². The highest BCUT2D eigenvalue weighted by Gasteiger charge is 2.46. The van der Waals surface area contributed by atoms with Gasteiger partial charge in [0.1, 0.15) is 0 Å². The molecule has 0 unspecified atom stereocenters. The minimum Gasteiger partial charge on any atom is -0.311 e. The minimum absolute atomic E-state index is 0.00719. The number of rotatable bonds is 2. The minimum atomic E-state index is -0.106. The zero-order chi connectivity index (χ0) is 38.1. The molecule has 0 saturated carbocycles. The third-order valence-corrected chi connectivity index (χ3v) is 12.5. The summed E-state index contributed by atoms with van der Waals surface area (Å²) in [5.74, 6) is 0. The van der Waals surface area contributed by atoms with Crippen molar-refractivity contribution in [2.45, 2.75) is 97.8 Å². The van der Waals surface area contributed by atoms with Crippen molar-refractivity contribution in [3.63, 3.8) is 0 Å². The van der Waals surface area contributed by atoms with E-state index in [-0.39, 0.29) is 28.4 Å². The molecule has 0 fully saturated rings. The summed E-state index contributed by atoms with van der Waals surface area (Å²) in [6.07, 6.45) is 0. The molecular formula is C51H53BN2. The van der Waals surface area contributed by atoms with E-state index in [1.807, 2.05) is 0 Å². The molecular weight excluding hydrogens is 651 g/mol. The Morgan fingerprint density at radius 2 is 0.926 bits per heavy atom. The van der Waals surface area contributed by atoms with E-state index in [1.165, 1.54) is 89.5 Å². The van der Waals surface area contributed by atoms with Gasteiger partial charge in [-0.25, -0.2) is 0 Å². The van der Waals surface area contributed by atoms with Crippen molar-refractivity contribution in [3.8, 4) is 11.1 Å². The maximum Gasteiger partial charge on any atom is 0.252 e. The molecule has 6 aromatic rings. The summed E-state index contributed by atoms with van der Waals surface area (Å²) < 4.78 is 0. The van der Waals surface area contributed by atoms with Gasteiger partial charge in [-0.15, -0.1) is 0 Å². The summed E-state index contributed by atoms with van der Waals surface area (Å²) in [5.41, 5.74) is 21.2. The van der Waals surface area contributed by atoms with Crippen molar-refractivity contribution in [1.29, 1.82) is 0 Å². The highest BCUT2D eigenvalue weighted by atomic mass is 15.2. The van der Waals surface area contributed by atoms with Crippen molar-refractivity contribution in [3.05, 3.63) is 149 Å². The van der Waals surface area contributed by atoms with Gasteiger partial charge in [-0.2, -0.15) is 0 Å². The van der Waals surface area contributed by atoms with Gasteiger partial charge in [0.15, 0.2) is 0 Å². The number of nitrogens with zero attached hydrogens (tertiary/aromatic N) is 2. The molecule has 3 heteroatoms. The smallest absolute Gasteiger partial charge is 0.252 e. The fourth-order valence-corrected chi connectivity index (χ4v) is 9.38. The van der Waals surface area contributed by atoms with E-state index in [9.17, 15) is 0 Å². The predicted molar refractivity (Wildman–Crippen MR) is 234 cm³/mol. The number of hydrogen-bond acceptors (Lipinski definition) is 2. The molecule has 270 valence electrons. The highest BCUT2D eigenvalue weighted by molar-refractivity contribution is 7.00. The van der Waals surface area contributed by atoms with Crippen LogP contribution in [0.5, 0.6) is 0 Å². The number of benzene rings is 6. The Kier molecular flexibility index (Phi) is 7.40. The van der Waals surface area contributed by atoms with E-state index in [0.717, 1.165) is 0 Å². The van der Waals surface area contributed by atoms with Gasteiger partial charge in [0.05, 0.1) is 0 Å². The topological polar surface area (TPSA) is 6.48 Å². The van der Waals surface area contributed by atoms with Gasteiger partial charge in [0.25, 0.3) is 6.71 Å². The fraction of sp³-hybridized carbons (Fsp3) is 0.294.